The number of hydrogen-bond donors (Lipinski definition) is 0. The van der Waals surface area contributed by atoms with Gasteiger partial charge in [0.05, 0.1) is 0 Å². The van der Waals surface area contributed by atoms with Crippen LogP contribution < -0.4 is 0 Å². The van der Waals surface area contributed by atoms with Crippen molar-refractivity contribution >= 4 is 7.87 Å². The maximum Gasteiger partial charge on any atom is 0.307 e. The van der Waals surface area contributed by atoms with E-state index >= 15 is 0 Å². The van der Waals surface area contributed by atoms with Gasteiger partial charge < -0.3 is 0 Å². The summed E-state index contributed by atoms with van der Waals surface area (Å²) in [4.78, 5) is 0. The van der Waals surface area contributed by atoms with Crippen molar-refractivity contribution in [3.05, 3.63) is 0 Å². The van der Waals surface area contributed by atoms with Crippen LogP contribution in [0.4, 0.5) is 0 Å². The zero-order valence-electron chi connectivity index (χ0n) is 13.1. The van der Waals surface area contributed by atoms with E-state index in [2.05, 4.69) is 74.6 Å². The molecule has 0 aliphatic carbocycles. The van der Waals surface area contributed by atoms with Crippen molar-refractivity contribution in [2.24, 2.45) is 0 Å². The van der Waals surface area contributed by atoms with Crippen molar-refractivity contribution in [3.63, 3.8) is 0 Å². The number of nitrogens with zero attached hydrogens (tertiary/aromatic N) is 4. The number of hydrogen-bond acceptors (Lipinski definition) is 4. The molecule has 104 valence electrons. The third-order valence-corrected chi connectivity index (χ3v) is 8.46. The zero-order valence-corrected chi connectivity index (χ0v) is 14.0. The fourth-order valence-corrected chi connectivity index (χ4v) is 6.97. The summed E-state index contributed by atoms with van der Waals surface area (Å²) in [7, 11) is 7.47. The van der Waals surface area contributed by atoms with Crippen LogP contribution in [0.15, 0.2) is 0 Å². The van der Waals surface area contributed by atoms with Crippen molar-refractivity contribution in [3.8, 4) is 0 Å². The van der Waals surface area contributed by atoms with Gasteiger partial charge in [-0.05, 0) is 27.7 Å². The summed E-state index contributed by atoms with van der Waals surface area (Å²) in [5, 5.41) is 0. The zero-order chi connectivity index (χ0) is 13.6. The summed E-state index contributed by atoms with van der Waals surface area (Å²) in [5.74, 6) is 0. The van der Waals surface area contributed by atoms with Gasteiger partial charge in [-0.15, -0.1) is 18.7 Å². The third-order valence-electron chi connectivity index (χ3n) is 3.66. The highest BCUT2D eigenvalue weighted by Gasteiger charge is 2.54. The Kier molecular flexibility index (Phi) is 7.77. The van der Waals surface area contributed by atoms with Crippen LogP contribution in [-0.4, -0.2) is 73.1 Å². The molecule has 0 aliphatic heterocycles. The van der Waals surface area contributed by atoms with Crippen LogP contribution in [0, 0.1) is 0 Å². The summed E-state index contributed by atoms with van der Waals surface area (Å²) in [6.07, 6.45) is 0. The van der Waals surface area contributed by atoms with E-state index < -0.39 is 7.87 Å². The lowest BCUT2D eigenvalue weighted by Gasteiger charge is -2.46. The Balaban J connectivity index is 5.51. The summed E-state index contributed by atoms with van der Waals surface area (Å²) >= 11 is 0. The molecular weight excluding hydrogens is 231 g/mol. The van der Waals surface area contributed by atoms with Crippen LogP contribution in [-0.2, 0) is 0 Å². The lowest BCUT2D eigenvalue weighted by atomic mass is 10.8. The van der Waals surface area contributed by atoms with Gasteiger partial charge in [0.15, 0.2) is 0 Å². The van der Waals surface area contributed by atoms with E-state index in [0.717, 1.165) is 26.2 Å². The lowest BCUT2D eigenvalue weighted by molar-refractivity contribution is 0.318. The topological polar surface area (TPSA) is 13.0 Å². The standard InChI is InChI=1S/C12H32N4P/c1-9-13(5)17(14(6)10-2,15(7)11-3)16(8)12-4/h9-12H2,1-8H3/q+1. The van der Waals surface area contributed by atoms with E-state index in [4.69, 9.17) is 0 Å². The molecule has 0 aliphatic rings. The minimum atomic E-state index is -1.53. The largest absolute Gasteiger partial charge is 0.307 e. The average Bonchev–Trinajstić information content (AvgIpc) is 2.37. The van der Waals surface area contributed by atoms with E-state index in [0.29, 0.717) is 0 Å². The molecule has 4 nitrogen and oxygen atoms in total. The van der Waals surface area contributed by atoms with E-state index in [1.165, 1.54) is 0 Å². The van der Waals surface area contributed by atoms with Gasteiger partial charge in [0, 0.05) is 54.4 Å². The van der Waals surface area contributed by atoms with Gasteiger partial charge in [-0.2, -0.15) is 0 Å². The molecule has 0 saturated carbocycles. The minimum absolute atomic E-state index is 1.08. The highest BCUT2D eigenvalue weighted by atomic mass is 31.2. The fourth-order valence-electron chi connectivity index (χ4n) is 2.32. The quantitative estimate of drug-likeness (QED) is 0.624. The Bertz CT molecular complexity index is 167. The summed E-state index contributed by atoms with van der Waals surface area (Å²) in [6, 6.07) is 0. The monoisotopic (exact) mass is 263 g/mol. The molecule has 0 fully saturated rings. The molecule has 17 heavy (non-hydrogen) atoms. The molecule has 0 atom stereocenters. The van der Waals surface area contributed by atoms with Crippen molar-refractivity contribution in [1.29, 1.82) is 0 Å². The molecule has 0 unspecified atom stereocenters. The Hall–Kier alpha value is 0.270. The van der Waals surface area contributed by atoms with E-state index in [-0.39, 0.29) is 0 Å². The minimum Gasteiger partial charge on any atom is -0.136 e. The second kappa shape index (κ2) is 7.65. The molecule has 0 aromatic rings. The summed E-state index contributed by atoms with van der Waals surface area (Å²) < 4.78 is 10.1. The smallest absolute Gasteiger partial charge is 0.136 e. The Labute approximate surface area is 109 Å². The van der Waals surface area contributed by atoms with E-state index in [9.17, 15) is 0 Å². The highest BCUT2D eigenvalue weighted by Crippen LogP contribution is 2.67. The molecule has 0 heterocycles. The van der Waals surface area contributed by atoms with Gasteiger partial charge >= 0.3 is 7.87 Å². The summed E-state index contributed by atoms with van der Waals surface area (Å²) in [6.45, 7) is 13.3. The van der Waals surface area contributed by atoms with Gasteiger partial charge in [0.1, 0.15) is 0 Å². The first kappa shape index (κ1) is 17.3. The van der Waals surface area contributed by atoms with Crippen LogP contribution in [0.25, 0.3) is 0 Å². The van der Waals surface area contributed by atoms with Crippen molar-refractivity contribution in [2.75, 3.05) is 54.4 Å². The molecule has 0 bridgehead atoms. The molecular formula is C12H32N4P+. The Morgan fingerprint density at radius 1 is 0.529 bits per heavy atom. The average molecular weight is 263 g/mol. The first-order valence-corrected chi connectivity index (χ1v) is 8.28. The Morgan fingerprint density at radius 2 is 0.706 bits per heavy atom. The molecule has 0 aromatic heterocycles. The van der Waals surface area contributed by atoms with Gasteiger partial charge in [-0.25, -0.2) is 0 Å². The van der Waals surface area contributed by atoms with E-state index in [1.807, 2.05) is 0 Å². The predicted molar refractivity (Wildman–Crippen MR) is 80.1 cm³/mol. The van der Waals surface area contributed by atoms with Crippen LogP contribution in [0.2, 0.25) is 0 Å². The van der Waals surface area contributed by atoms with Gasteiger partial charge in [0.2, 0.25) is 0 Å². The van der Waals surface area contributed by atoms with Gasteiger partial charge in [0.25, 0.3) is 0 Å². The number of rotatable bonds is 8. The highest BCUT2D eigenvalue weighted by molar-refractivity contribution is 7.66. The molecule has 0 radical (unpaired) electrons. The van der Waals surface area contributed by atoms with Crippen LogP contribution in [0.1, 0.15) is 27.7 Å². The first-order chi connectivity index (χ1) is 7.93. The van der Waals surface area contributed by atoms with Crippen LogP contribution >= 0.6 is 7.87 Å². The van der Waals surface area contributed by atoms with Crippen LogP contribution in [0.5, 0.6) is 0 Å². The molecule has 0 amide bonds. The van der Waals surface area contributed by atoms with Crippen molar-refractivity contribution in [1.82, 2.24) is 18.7 Å². The normalized spacial score (nSPS) is 13.4. The van der Waals surface area contributed by atoms with E-state index in [1.54, 1.807) is 0 Å². The fraction of sp³-hybridized carbons (Fsp3) is 1.00. The maximum atomic E-state index is 2.52. The molecule has 0 aromatic carbocycles. The molecule has 0 saturated heterocycles. The van der Waals surface area contributed by atoms with Crippen molar-refractivity contribution < 1.29 is 0 Å². The molecule has 0 N–H and O–H groups in total. The van der Waals surface area contributed by atoms with Gasteiger partial charge in [-0.3, -0.25) is 0 Å². The molecule has 0 spiro atoms. The maximum absolute atomic E-state index is 2.52. The second-order valence-corrected chi connectivity index (χ2v) is 8.24. The summed E-state index contributed by atoms with van der Waals surface area (Å²) in [5.41, 5.74) is 0. The first-order valence-electron chi connectivity index (χ1n) is 6.68. The predicted octanol–water partition coefficient (Wildman–Crippen LogP) is 2.47. The molecule has 0 rings (SSSR count). The second-order valence-electron chi connectivity index (χ2n) is 4.43. The van der Waals surface area contributed by atoms with Gasteiger partial charge in [-0.1, -0.05) is 0 Å². The molecule has 5 heteroatoms. The van der Waals surface area contributed by atoms with Crippen molar-refractivity contribution in [2.45, 2.75) is 27.7 Å². The van der Waals surface area contributed by atoms with Crippen LogP contribution in [0.3, 0.4) is 0 Å². The lowest BCUT2D eigenvalue weighted by Crippen LogP contribution is -2.48. The SMILES string of the molecule is CCN(C)[P+](N(C)CC)(N(C)CC)N(C)CC. The Morgan fingerprint density at radius 3 is 0.824 bits per heavy atom. The third kappa shape index (κ3) is 3.18.